The molecule has 0 aromatic carbocycles. The summed E-state index contributed by atoms with van der Waals surface area (Å²) in [5.41, 5.74) is 0. The lowest BCUT2D eigenvalue weighted by Crippen LogP contribution is -2.29. The Balaban J connectivity index is 3.58. The highest BCUT2D eigenvalue weighted by molar-refractivity contribution is 5.84. The minimum atomic E-state index is -1.04. The zero-order valence-corrected chi connectivity index (χ0v) is 33.9. The van der Waals surface area contributed by atoms with Crippen molar-refractivity contribution in [3.63, 3.8) is 0 Å². The monoisotopic (exact) mass is 787 g/mol. The van der Waals surface area contributed by atoms with E-state index in [0.29, 0.717) is 72.0 Å². The molecule has 0 saturated carbocycles. The first-order valence-corrected chi connectivity index (χ1v) is 20.9. The van der Waals surface area contributed by atoms with Gasteiger partial charge in [0, 0.05) is 52.0 Å². The molecule has 55 heavy (non-hydrogen) atoms. The third kappa shape index (κ3) is 40.5. The van der Waals surface area contributed by atoms with Gasteiger partial charge in [-0.3, -0.25) is 28.8 Å². The normalized spacial score (nSPS) is 11.7. The molecule has 320 valence electrons. The number of hydrogen-bond acceptors (Lipinski definition) is 10. The van der Waals surface area contributed by atoms with Crippen LogP contribution in [0.25, 0.3) is 0 Å². The van der Waals surface area contributed by atoms with Gasteiger partial charge in [0.1, 0.15) is 19.0 Å². The summed E-state index contributed by atoms with van der Waals surface area (Å²) in [6.45, 7) is 4.62. The molecule has 1 atom stereocenters. The Kier molecular flexibility index (Phi) is 37.2. The maximum absolute atomic E-state index is 12.4. The van der Waals surface area contributed by atoms with Gasteiger partial charge in [-0.1, -0.05) is 89.9 Å². The molecule has 0 unspecified atom stereocenters. The van der Waals surface area contributed by atoms with Gasteiger partial charge in [0.05, 0.1) is 32.3 Å². The van der Waals surface area contributed by atoms with Crippen LogP contribution in [0.3, 0.4) is 0 Å². The highest BCUT2D eigenvalue weighted by Gasteiger charge is 2.22. The van der Waals surface area contributed by atoms with Crippen molar-refractivity contribution in [2.75, 3.05) is 65.9 Å². The molecule has 0 aliphatic carbocycles. The molecule has 0 aliphatic heterocycles. The highest BCUT2D eigenvalue weighted by atomic mass is 16.5. The first kappa shape index (κ1) is 52.1. The number of carboxylic acids is 2. The van der Waals surface area contributed by atoms with E-state index in [9.17, 15) is 33.9 Å². The number of unbranched alkanes of at least 4 members (excludes halogenated alkanes) is 15. The van der Waals surface area contributed by atoms with Crippen LogP contribution >= 0.6 is 0 Å². The molecule has 0 fully saturated rings. The van der Waals surface area contributed by atoms with Crippen LogP contribution in [-0.4, -0.2) is 111 Å². The van der Waals surface area contributed by atoms with Crippen molar-refractivity contribution < 1.29 is 57.9 Å². The fourth-order valence-electron chi connectivity index (χ4n) is 5.84. The summed E-state index contributed by atoms with van der Waals surface area (Å²) in [4.78, 5) is 69.1. The average molecular weight is 787 g/mol. The standard InChI is InChI=1S/C41H74N2O12/c1-35(44)33-55-34-39(47)43-25-19-27-53-29-31-54-30-28-52-26-18-24-42-38(46)23-22-36(41(50)51)32-37(45)20-16-14-12-10-8-6-4-2-3-5-7-9-11-13-15-17-21-40(48)49/h36H,2-34H2,1H3,(H,42,46)(H,43,47)(H,48,49)(H,50,51)/t36-/m0/s1. The van der Waals surface area contributed by atoms with E-state index < -0.39 is 17.9 Å². The van der Waals surface area contributed by atoms with Crippen LogP contribution < -0.4 is 10.6 Å². The van der Waals surface area contributed by atoms with Gasteiger partial charge in [0.15, 0.2) is 5.78 Å². The predicted molar refractivity (Wildman–Crippen MR) is 210 cm³/mol. The molecule has 0 heterocycles. The molecule has 0 bridgehead atoms. The zero-order valence-electron chi connectivity index (χ0n) is 33.9. The van der Waals surface area contributed by atoms with Gasteiger partial charge in [-0.15, -0.1) is 0 Å². The number of nitrogens with one attached hydrogen (secondary N) is 2. The molecule has 4 N–H and O–H groups in total. The maximum atomic E-state index is 12.4. The Bertz CT molecular complexity index is 1010. The summed E-state index contributed by atoms with van der Waals surface area (Å²) in [5.74, 6) is -3.27. The quantitative estimate of drug-likeness (QED) is 0.0511. The van der Waals surface area contributed by atoms with Crippen LogP contribution in [0, 0.1) is 5.92 Å². The first-order chi connectivity index (χ1) is 26.6. The Morgan fingerprint density at radius 3 is 1.33 bits per heavy atom. The topological polar surface area (TPSA) is 204 Å². The van der Waals surface area contributed by atoms with E-state index in [-0.39, 0.29) is 62.3 Å². The summed E-state index contributed by atoms with van der Waals surface area (Å²) < 4.78 is 21.3. The van der Waals surface area contributed by atoms with Crippen molar-refractivity contribution in [1.29, 1.82) is 0 Å². The molecule has 0 spiro atoms. The van der Waals surface area contributed by atoms with Gasteiger partial charge in [-0.2, -0.15) is 0 Å². The second kappa shape index (κ2) is 39.3. The number of carbonyl (C=O) groups is 6. The Morgan fingerprint density at radius 1 is 0.473 bits per heavy atom. The minimum absolute atomic E-state index is 0.0297. The van der Waals surface area contributed by atoms with Crippen LogP contribution in [0.2, 0.25) is 0 Å². The number of carbonyl (C=O) groups excluding carboxylic acids is 4. The number of ketones is 2. The number of rotatable bonds is 43. The Morgan fingerprint density at radius 2 is 0.891 bits per heavy atom. The fraction of sp³-hybridized carbons (Fsp3) is 0.854. The number of ether oxygens (including phenoxy) is 4. The van der Waals surface area contributed by atoms with Crippen LogP contribution in [0.15, 0.2) is 0 Å². The molecule has 0 aromatic rings. The Labute approximate surface area is 329 Å². The van der Waals surface area contributed by atoms with E-state index in [2.05, 4.69) is 10.6 Å². The van der Waals surface area contributed by atoms with Gasteiger partial charge in [0.2, 0.25) is 11.8 Å². The lowest BCUT2D eigenvalue weighted by Gasteiger charge is -2.12. The van der Waals surface area contributed by atoms with E-state index in [1.807, 2.05) is 0 Å². The van der Waals surface area contributed by atoms with Gasteiger partial charge in [-0.25, -0.2) is 0 Å². The first-order valence-electron chi connectivity index (χ1n) is 20.9. The molecule has 2 amide bonds. The minimum Gasteiger partial charge on any atom is -0.481 e. The second-order valence-corrected chi connectivity index (χ2v) is 14.3. The molecular formula is C41H74N2O12. The van der Waals surface area contributed by atoms with Crippen molar-refractivity contribution in [2.45, 2.75) is 155 Å². The predicted octanol–water partition coefficient (Wildman–Crippen LogP) is 6.20. The molecule has 0 radical (unpaired) electrons. The largest absolute Gasteiger partial charge is 0.481 e. The average Bonchev–Trinajstić information content (AvgIpc) is 3.13. The van der Waals surface area contributed by atoms with Crippen LogP contribution in [0.5, 0.6) is 0 Å². The smallest absolute Gasteiger partial charge is 0.306 e. The summed E-state index contributed by atoms with van der Waals surface area (Å²) in [5, 5.41) is 23.7. The van der Waals surface area contributed by atoms with E-state index in [1.54, 1.807) is 0 Å². The van der Waals surface area contributed by atoms with Gasteiger partial charge in [0.25, 0.3) is 0 Å². The van der Waals surface area contributed by atoms with Crippen molar-refractivity contribution in [2.24, 2.45) is 5.92 Å². The van der Waals surface area contributed by atoms with E-state index >= 15 is 0 Å². The van der Waals surface area contributed by atoms with Crippen LogP contribution in [0.4, 0.5) is 0 Å². The van der Waals surface area contributed by atoms with Gasteiger partial charge in [-0.05, 0) is 39.0 Å². The molecule has 0 aliphatic rings. The van der Waals surface area contributed by atoms with Crippen molar-refractivity contribution in [1.82, 2.24) is 10.6 Å². The highest BCUT2D eigenvalue weighted by Crippen LogP contribution is 2.17. The lowest BCUT2D eigenvalue weighted by molar-refractivity contribution is -0.144. The second-order valence-electron chi connectivity index (χ2n) is 14.3. The van der Waals surface area contributed by atoms with Gasteiger partial charge >= 0.3 is 11.9 Å². The van der Waals surface area contributed by atoms with Gasteiger partial charge < -0.3 is 39.8 Å². The summed E-state index contributed by atoms with van der Waals surface area (Å²) >= 11 is 0. The molecule has 14 heteroatoms. The molecule has 0 aromatic heterocycles. The maximum Gasteiger partial charge on any atom is 0.306 e. The number of Topliss-reactive ketones (excluding diaryl/α,β-unsaturated/α-hetero) is 2. The number of hydrogen-bond donors (Lipinski definition) is 4. The van der Waals surface area contributed by atoms with Crippen LogP contribution in [0.1, 0.15) is 155 Å². The number of amides is 2. The summed E-state index contributed by atoms with van der Waals surface area (Å²) in [6, 6.07) is 0. The molecule has 0 rings (SSSR count). The van der Waals surface area contributed by atoms with Crippen LogP contribution in [-0.2, 0) is 47.7 Å². The summed E-state index contributed by atoms with van der Waals surface area (Å²) in [7, 11) is 0. The van der Waals surface area contributed by atoms with E-state index in [0.717, 1.165) is 44.9 Å². The van der Waals surface area contributed by atoms with E-state index in [1.165, 1.54) is 64.7 Å². The Hall–Kier alpha value is -2.94. The number of aliphatic carboxylic acids is 2. The fourth-order valence-corrected chi connectivity index (χ4v) is 5.84. The molecular weight excluding hydrogens is 712 g/mol. The lowest BCUT2D eigenvalue weighted by atomic mass is 9.94. The summed E-state index contributed by atoms with van der Waals surface area (Å²) in [6.07, 6.45) is 20.4. The third-order valence-electron chi connectivity index (χ3n) is 9.00. The number of carboxylic acid groups (broad SMARTS) is 2. The van der Waals surface area contributed by atoms with Crippen molar-refractivity contribution >= 4 is 35.3 Å². The molecule has 0 saturated heterocycles. The molecule has 14 nitrogen and oxygen atoms in total. The third-order valence-corrected chi connectivity index (χ3v) is 9.00. The zero-order chi connectivity index (χ0) is 40.6. The van der Waals surface area contributed by atoms with Crippen molar-refractivity contribution in [3.05, 3.63) is 0 Å². The van der Waals surface area contributed by atoms with E-state index in [4.69, 9.17) is 24.1 Å². The van der Waals surface area contributed by atoms with Crippen molar-refractivity contribution in [3.8, 4) is 0 Å². The SMILES string of the molecule is CC(=O)COCC(=O)NCCCOCCOCCOCCCNC(=O)CC[C@@H](CC(=O)CCCCCCCCCCCCCCCCCCC(=O)O)C(=O)O.